The monoisotopic (exact) mass is 378 g/mol. The van der Waals surface area contributed by atoms with Crippen molar-refractivity contribution >= 4 is 0 Å². The van der Waals surface area contributed by atoms with Crippen molar-refractivity contribution in [2.75, 3.05) is 13.1 Å². The third-order valence-corrected chi connectivity index (χ3v) is 5.59. The minimum absolute atomic E-state index is 0.352. The number of aryl methyl sites for hydroxylation is 1. The van der Waals surface area contributed by atoms with Gasteiger partial charge in [-0.1, -0.05) is 0 Å². The summed E-state index contributed by atoms with van der Waals surface area (Å²) < 4.78 is 28.9. The van der Waals surface area contributed by atoms with Crippen LogP contribution >= 0.6 is 0 Å². The molecule has 2 aliphatic heterocycles. The van der Waals surface area contributed by atoms with E-state index >= 15 is 0 Å². The average molecular weight is 378 g/mol. The predicted molar refractivity (Wildman–Crippen MR) is 94.4 cm³/mol. The van der Waals surface area contributed by atoms with E-state index in [0.717, 1.165) is 63.2 Å². The van der Waals surface area contributed by atoms with Gasteiger partial charge in [-0.25, -0.2) is 13.8 Å². The Hall–Kier alpha value is -2.16. The molecule has 2 aromatic rings. The summed E-state index contributed by atoms with van der Waals surface area (Å²) in [4.78, 5) is 18.1. The second-order valence-electron chi connectivity index (χ2n) is 7.47. The Bertz CT molecular complexity index is 841. The zero-order valence-corrected chi connectivity index (χ0v) is 15.2. The second kappa shape index (κ2) is 7.84. The molecule has 146 valence electrons. The van der Waals surface area contributed by atoms with Gasteiger partial charge in [0.1, 0.15) is 17.3 Å². The van der Waals surface area contributed by atoms with Crippen molar-refractivity contribution < 1.29 is 8.78 Å². The fourth-order valence-electron chi connectivity index (χ4n) is 3.99. The summed E-state index contributed by atoms with van der Waals surface area (Å²) in [5, 5.41) is 8.68. The van der Waals surface area contributed by atoms with Crippen LogP contribution in [0.2, 0.25) is 0 Å². The molecule has 0 unspecified atom stereocenters. The smallest absolute Gasteiger partial charge is 0.280 e. The highest BCUT2D eigenvalue weighted by atomic mass is 19.3. The van der Waals surface area contributed by atoms with Gasteiger partial charge >= 0.3 is 0 Å². The highest BCUT2D eigenvalue weighted by molar-refractivity contribution is 5.01. The van der Waals surface area contributed by atoms with Crippen molar-refractivity contribution in [2.24, 2.45) is 5.92 Å². The highest BCUT2D eigenvalue weighted by Crippen LogP contribution is 2.22. The highest BCUT2D eigenvalue weighted by Gasteiger charge is 2.23. The van der Waals surface area contributed by atoms with Crippen LogP contribution in [0.25, 0.3) is 0 Å². The zero-order chi connectivity index (χ0) is 18.8. The van der Waals surface area contributed by atoms with Crippen LogP contribution in [-0.4, -0.2) is 42.3 Å². The van der Waals surface area contributed by atoms with E-state index in [1.165, 1.54) is 23.7 Å². The normalized spacial score (nSPS) is 18.8. The van der Waals surface area contributed by atoms with Crippen LogP contribution in [0.4, 0.5) is 8.78 Å². The van der Waals surface area contributed by atoms with Crippen LogP contribution < -0.4 is 5.56 Å². The molecule has 1 saturated heterocycles. The van der Waals surface area contributed by atoms with Crippen LogP contribution in [0.5, 0.6) is 0 Å². The molecule has 0 atom stereocenters. The number of piperidine rings is 1. The van der Waals surface area contributed by atoms with E-state index in [9.17, 15) is 13.6 Å². The SMILES string of the molecule is O=c1cc(C(F)F)ncn1CC1CCN(Cc2nnc3n2CCCC3)CC1. The van der Waals surface area contributed by atoms with Gasteiger partial charge in [0.2, 0.25) is 0 Å². The third kappa shape index (κ3) is 4.07. The van der Waals surface area contributed by atoms with Crippen molar-refractivity contribution in [3.8, 4) is 0 Å². The van der Waals surface area contributed by atoms with Crippen molar-refractivity contribution in [3.63, 3.8) is 0 Å². The molecule has 0 aliphatic carbocycles. The molecule has 0 saturated carbocycles. The van der Waals surface area contributed by atoms with Gasteiger partial charge in [0.05, 0.1) is 12.9 Å². The van der Waals surface area contributed by atoms with Gasteiger partial charge in [-0.15, -0.1) is 10.2 Å². The van der Waals surface area contributed by atoms with E-state index < -0.39 is 17.7 Å². The third-order valence-electron chi connectivity index (χ3n) is 5.59. The summed E-state index contributed by atoms with van der Waals surface area (Å²) in [5.74, 6) is 2.50. The first kappa shape index (κ1) is 18.2. The minimum Gasteiger partial charge on any atom is -0.314 e. The minimum atomic E-state index is -2.71. The Morgan fingerprint density at radius 1 is 1.15 bits per heavy atom. The molecule has 4 heterocycles. The fraction of sp³-hybridized carbons (Fsp3) is 0.667. The maximum absolute atomic E-state index is 12.6. The van der Waals surface area contributed by atoms with Gasteiger partial charge in [0.25, 0.3) is 12.0 Å². The Balaban J connectivity index is 1.32. The molecule has 0 aromatic carbocycles. The number of fused-ring (bicyclic) bond motifs is 1. The lowest BCUT2D eigenvalue weighted by atomic mass is 9.96. The second-order valence-corrected chi connectivity index (χ2v) is 7.47. The maximum Gasteiger partial charge on any atom is 0.280 e. The van der Waals surface area contributed by atoms with Crippen molar-refractivity contribution in [3.05, 3.63) is 40.1 Å². The Morgan fingerprint density at radius 3 is 2.70 bits per heavy atom. The Labute approximate surface area is 156 Å². The summed E-state index contributed by atoms with van der Waals surface area (Å²) in [6.07, 6.45) is 3.86. The van der Waals surface area contributed by atoms with Crippen LogP contribution in [0.15, 0.2) is 17.2 Å². The van der Waals surface area contributed by atoms with E-state index in [0.29, 0.717) is 12.5 Å². The quantitative estimate of drug-likeness (QED) is 0.796. The molecule has 1 fully saturated rings. The van der Waals surface area contributed by atoms with E-state index in [4.69, 9.17) is 0 Å². The Kier molecular flexibility index (Phi) is 5.29. The molecule has 2 aliphatic rings. The van der Waals surface area contributed by atoms with Crippen molar-refractivity contribution in [2.45, 2.75) is 58.2 Å². The van der Waals surface area contributed by atoms with E-state index in [1.807, 2.05) is 0 Å². The van der Waals surface area contributed by atoms with Gasteiger partial charge in [-0.2, -0.15) is 0 Å². The zero-order valence-electron chi connectivity index (χ0n) is 15.2. The summed E-state index contributed by atoms with van der Waals surface area (Å²) >= 11 is 0. The van der Waals surface area contributed by atoms with Gasteiger partial charge < -0.3 is 4.57 Å². The van der Waals surface area contributed by atoms with Gasteiger partial charge in [0, 0.05) is 25.6 Å². The molecule has 0 bridgehead atoms. The van der Waals surface area contributed by atoms with E-state index in [2.05, 4.69) is 24.6 Å². The predicted octanol–water partition coefficient (Wildman–Crippen LogP) is 2.02. The molecule has 2 aromatic heterocycles. The number of nitrogens with zero attached hydrogens (tertiary/aromatic N) is 6. The van der Waals surface area contributed by atoms with Crippen LogP contribution in [0.1, 0.15) is 49.5 Å². The number of hydrogen-bond donors (Lipinski definition) is 0. The molecule has 0 N–H and O–H groups in total. The van der Waals surface area contributed by atoms with Crippen LogP contribution in [0.3, 0.4) is 0 Å². The van der Waals surface area contributed by atoms with Gasteiger partial charge in [-0.05, 0) is 44.7 Å². The molecule has 0 amide bonds. The summed E-state index contributed by atoms with van der Waals surface area (Å²) in [6.45, 7) is 4.22. The summed E-state index contributed by atoms with van der Waals surface area (Å²) in [7, 11) is 0. The molecular formula is C18H24F2N6O. The fourth-order valence-corrected chi connectivity index (χ4v) is 3.99. The van der Waals surface area contributed by atoms with E-state index in [-0.39, 0.29) is 0 Å². The van der Waals surface area contributed by atoms with Gasteiger partial charge in [-0.3, -0.25) is 14.3 Å². The molecular weight excluding hydrogens is 354 g/mol. The standard InChI is InChI=1S/C18H24F2N6O/c19-18(20)14-9-17(27)25(12-21-14)10-13-4-7-24(8-5-13)11-16-23-22-15-3-1-2-6-26(15)16/h9,12-13,18H,1-8,10-11H2. The molecule has 0 radical (unpaired) electrons. The van der Waals surface area contributed by atoms with Crippen molar-refractivity contribution in [1.82, 2.24) is 29.2 Å². The van der Waals surface area contributed by atoms with Crippen LogP contribution in [-0.2, 0) is 26.1 Å². The molecule has 4 rings (SSSR count). The molecule has 0 spiro atoms. The number of hydrogen-bond acceptors (Lipinski definition) is 5. The number of halogens is 2. The number of alkyl halides is 2. The number of aromatic nitrogens is 5. The first-order chi connectivity index (χ1) is 13.1. The van der Waals surface area contributed by atoms with E-state index in [1.54, 1.807) is 0 Å². The van der Waals surface area contributed by atoms with Crippen LogP contribution in [0, 0.1) is 5.92 Å². The average Bonchev–Trinajstić information content (AvgIpc) is 3.08. The lowest BCUT2D eigenvalue weighted by Gasteiger charge is -2.32. The topological polar surface area (TPSA) is 68.8 Å². The summed E-state index contributed by atoms with van der Waals surface area (Å²) in [5.41, 5.74) is -0.861. The number of likely N-dealkylation sites (tertiary alicyclic amines) is 1. The largest absolute Gasteiger partial charge is 0.314 e. The molecule has 9 heteroatoms. The first-order valence-electron chi connectivity index (χ1n) is 9.58. The summed E-state index contributed by atoms with van der Waals surface area (Å²) in [6, 6.07) is 0.939. The molecule has 7 nitrogen and oxygen atoms in total. The first-order valence-corrected chi connectivity index (χ1v) is 9.58. The maximum atomic E-state index is 12.6. The van der Waals surface area contributed by atoms with Gasteiger partial charge in [0.15, 0.2) is 0 Å². The lowest BCUT2D eigenvalue weighted by molar-refractivity contribution is 0.144. The number of rotatable bonds is 5. The lowest BCUT2D eigenvalue weighted by Crippen LogP contribution is -2.36. The Morgan fingerprint density at radius 2 is 1.96 bits per heavy atom. The van der Waals surface area contributed by atoms with Crippen molar-refractivity contribution in [1.29, 1.82) is 0 Å². The molecule has 27 heavy (non-hydrogen) atoms.